The van der Waals surface area contributed by atoms with Crippen molar-refractivity contribution < 1.29 is 14.3 Å². The third-order valence-electron chi connectivity index (χ3n) is 6.82. The summed E-state index contributed by atoms with van der Waals surface area (Å²) in [6.45, 7) is 0. The van der Waals surface area contributed by atoms with Crippen LogP contribution < -0.4 is 0 Å². The lowest BCUT2D eigenvalue weighted by Gasteiger charge is -2.34. The lowest BCUT2D eigenvalue weighted by Crippen LogP contribution is -2.47. The molecule has 5 heteroatoms. The minimum atomic E-state index is -0.633. The van der Waals surface area contributed by atoms with E-state index in [0.29, 0.717) is 24.0 Å². The SMILES string of the molecule is COC(=O)C(Cc1cccc(C#N)c1)C(Cc1ccccc1)N(C)C(=O)c1ccc(-c2ccccc2)cc1. The molecule has 0 heterocycles. The summed E-state index contributed by atoms with van der Waals surface area (Å²) >= 11 is 0. The molecule has 0 aliphatic heterocycles. The minimum Gasteiger partial charge on any atom is -0.469 e. The molecule has 0 aliphatic carbocycles. The van der Waals surface area contributed by atoms with E-state index in [0.717, 1.165) is 22.3 Å². The van der Waals surface area contributed by atoms with Gasteiger partial charge in [-0.15, -0.1) is 0 Å². The predicted octanol–water partition coefficient (Wildman–Crippen LogP) is 5.94. The Morgan fingerprint density at radius 1 is 0.789 bits per heavy atom. The van der Waals surface area contributed by atoms with E-state index >= 15 is 0 Å². The molecule has 5 nitrogen and oxygen atoms in total. The van der Waals surface area contributed by atoms with Crippen LogP contribution in [0.1, 0.15) is 27.0 Å². The molecule has 0 bridgehead atoms. The molecule has 0 fully saturated rings. The molecule has 0 aromatic heterocycles. The van der Waals surface area contributed by atoms with Gasteiger partial charge in [-0.1, -0.05) is 84.9 Å². The third kappa shape index (κ3) is 6.35. The highest BCUT2D eigenvalue weighted by atomic mass is 16.5. The molecule has 2 atom stereocenters. The fourth-order valence-electron chi connectivity index (χ4n) is 4.74. The van der Waals surface area contributed by atoms with Crippen molar-refractivity contribution in [2.75, 3.05) is 14.2 Å². The quantitative estimate of drug-likeness (QED) is 0.266. The first kappa shape index (κ1) is 26.4. The zero-order valence-electron chi connectivity index (χ0n) is 21.6. The number of likely N-dealkylation sites (N-methyl/N-ethyl adjacent to an activating group) is 1. The molecule has 190 valence electrons. The van der Waals surface area contributed by atoms with E-state index in [1.165, 1.54) is 7.11 Å². The molecule has 0 N–H and O–H groups in total. The number of carbonyl (C=O) groups excluding carboxylic acids is 2. The van der Waals surface area contributed by atoms with Gasteiger partial charge in [0.1, 0.15) is 0 Å². The highest BCUT2D eigenvalue weighted by Crippen LogP contribution is 2.25. The smallest absolute Gasteiger partial charge is 0.311 e. The van der Waals surface area contributed by atoms with Crippen LogP contribution >= 0.6 is 0 Å². The Labute approximate surface area is 223 Å². The summed E-state index contributed by atoms with van der Waals surface area (Å²) in [7, 11) is 3.10. The molecule has 4 aromatic rings. The molecule has 2 unspecified atom stereocenters. The van der Waals surface area contributed by atoms with Crippen molar-refractivity contribution in [2.24, 2.45) is 5.92 Å². The molecular formula is C33H30N2O3. The van der Waals surface area contributed by atoms with Crippen LogP contribution in [0.25, 0.3) is 11.1 Å². The van der Waals surface area contributed by atoms with Crippen LogP contribution in [-0.2, 0) is 22.4 Å². The van der Waals surface area contributed by atoms with Gasteiger partial charge < -0.3 is 9.64 Å². The molecule has 0 saturated heterocycles. The van der Waals surface area contributed by atoms with Gasteiger partial charge in [-0.3, -0.25) is 9.59 Å². The maximum atomic E-state index is 13.7. The molecule has 4 aromatic carbocycles. The molecule has 0 saturated carbocycles. The van der Waals surface area contributed by atoms with Crippen molar-refractivity contribution >= 4 is 11.9 Å². The van der Waals surface area contributed by atoms with E-state index in [-0.39, 0.29) is 5.91 Å². The first-order valence-electron chi connectivity index (χ1n) is 12.5. The number of hydrogen-bond acceptors (Lipinski definition) is 4. The van der Waals surface area contributed by atoms with E-state index in [2.05, 4.69) is 6.07 Å². The van der Waals surface area contributed by atoms with Crippen LogP contribution in [0.4, 0.5) is 0 Å². The average molecular weight is 503 g/mol. The number of esters is 1. The molecule has 0 aliphatic rings. The zero-order valence-corrected chi connectivity index (χ0v) is 21.6. The van der Waals surface area contributed by atoms with Gasteiger partial charge in [-0.05, 0) is 59.4 Å². The summed E-state index contributed by atoms with van der Waals surface area (Å²) < 4.78 is 5.22. The minimum absolute atomic E-state index is 0.176. The second kappa shape index (κ2) is 12.5. The van der Waals surface area contributed by atoms with Gasteiger partial charge >= 0.3 is 5.97 Å². The topological polar surface area (TPSA) is 70.4 Å². The summed E-state index contributed by atoms with van der Waals surface area (Å²) in [5.41, 5.74) is 5.01. The van der Waals surface area contributed by atoms with Gasteiger partial charge in [0.2, 0.25) is 0 Å². The van der Waals surface area contributed by atoms with E-state index < -0.39 is 17.9 Å². The summed E-state index contributed by atoms with van der Waals surface area (Å²) in [5, 5.41) is 9.34. The third-order valence-corrected chi connectivity index (χ3v) is 6.82. The van der Waals surface area contributed by atoms with Crippen molar-refractivity contribution in [3.8, 4) is 17.2 Å². The summed E-state index contributed by atoms with van der Waals surface area (Å²) in [4.78, 5) is 28.5. The van der Waals surface area contributed by atoms with Crippen molar-refractivity contribution in [3.63, 3.8) is 0 Å². The van der Waals surface area contributed by atoms with Crippen molar-refractivity contribution in [1.82, 2.24) is 4.90 Å². The number of benzene rings is 4. The molecule has 0 radical (unpaired) electrons. The molecule has 38 heavy (non-hydrogen) atoms. The number of ether oxygens (including phenoxy) is 1. The number of hydrogen-bond donors (Lipinski definition) is 0. The normalized spacial score (nSPS) is 12.1. The highest BCUT2D eigenvalue weighted by Gasteiger charge is 2.35. The van der Waals surface area contributed by atoms with Gasteiger partial charge in [-0.25, -0.2) is 0 Å². The van der Waals surface area contributed by atoms with E-state index in [9.17, 15) is 14.9 Å². The Morgan fingerprint density at radius 3 is 2.03 bits per heavy atom. The number of nitrogens with zero attached hydrogens (tertiary/aromatic N) is 2. The Kier molecular flexibility index (Phi) is 8.69. The lowest BCUT2D eigenvalue weighted by molar-refractivity contribution is -0.147. The molecule has 1 amide bonds. The van der Waals surface area contributed by atoms with Crippen molar-refractivity contribution in [1.29, 1.82) is 5.26 Å². The number of amides is 1. The first-order chi connectivity index (χ1) is 18.5. The summed E-state index contributed by atoms with van der Waals surface area (Å²) in [6.07, 6.45) is 0.813. The lowest BCUT2D eigenvalue weighted by atomic mass is 9.86. The van der Waals surface area contributed by atoms with Gasteiger partial charge in [0, 0.05) is 18.7 Å². The number of methoxy groups -OCH3 is 1. The number of rotatable bonds is 9. The van der Waals surface area contributed by atoms with Crippen LogP contribution in [0, 0.1) is 17.2 Å². The summed E-state index contributed by atoms with van der Waals surface area (Å²) in [5.74, 6) is -1.20. The van der Waals surface area contributed by atoms with Crippen LogP contribution in [0.5, 0.6) is 0 Å². The second-order valence-electron chi connectivity index (χ2n) is 9.26. The zero-order chi connectivity index (χ0) is 26.9. The van der Waals surface area contributed by atoms with Gasteiger partial charge in [0.15, 0.2) is 0 Å². The van der Waals surface area contributed by atoms with Crippen molar-refractivity contribution in [3.05, 3.63) is 131 Å². The van der Waals surface area contributed by atoms with Crippen LogP contribution in [0.15, 0.2) is 109 Å². The summed E-state index contributed by atoms with van der Waals surface area (Å²) in [6, 6.07) is 36.2. The molecule has 0 spiro atoms. The highest BCUT2D eigenvalue weighted by molar-refractivity contribution is 5.95. The molecule has 4 rings (SSSR count). The number of carbonyl (C=O) groups is 2. The predicted molar refractivity (Wildman–Crippen MR) is 148 cm³/mol. The van der Waals surface area contributed by atoms with Crippen molar-refractivity contribution in [2.45, 2.75) is 18.9 Å². The molecular weight excluding hydrogens is 472 g/mol. The Hall–Kier alpha value is -4.69. The van der Waals surface area contributed by atoms with Gasteiger partial charge in [0.05, 0.1) is 24.7 Å². The van der Waals surface area contributed by atoms with E-state index in [1.54, 1.807) is 30.1 Å². The fraction of sp³-hybridized carbons (Fsp3) is 0.182. The maximum absolute atomic E-state index is 13.7. The monoisotopic (exact) mass is 502 g/mol. The Balaban J connectivity index is 1.66. The van der Waals surface area contributed by atoms with Gasteiger partial charge in [-0.2, -0.15) is 5.26 Å². The largest absolute Gasteiger partial charge is 0.469 e. The second-order valence-corrected chi connectivity index (χ2v) is 9.26. The standard InChI is InChI=1S/C33H30N2O3/c1-35(32(36)29-18-16-28(17-19-29)27-14-7-4-8-15-27)31(22-24-10-5-3-6-11-24)30(33(37)38-2)21-25-12-9-13-26(20-25)23-34/h3-20,30-31H,21-22H2,1-2H3. The fourth-order valence-corrected chi connectivity index (χ4v) is 4.74. The average Bonchev–Trinajstić information content (AvgIpc) is 2.99. The Morgan fingerprint density at radius 2 is 1.39 bits per heavy atom. The van der Waals surface area contributed by atoms with E-state index in [4.69, 9.17) is 4.74 Å². The van der Waals surface area contributed by atoms with Crippen LogP contribution in [0.2, 0.25) is 0 Å². The number of nitriles is 1. The van der Waals surface area contributed by atoms with E-state index in [1.807, 2.05) is 91.0 Å². The van der Waals surface area contributed by atoms with Crippen LogP contribution in [-0.4, -0.2) is 37.0 Å². The Bertz CT molecular complexity index is 1410. The van der Waals surface area contributed by atoms with Gasteiger partial charge in [0.25, 0.3) is 5.91 Å². The first-order valence-corrected chi connectivity index (χ1v) is 12.5. The van der Waals surface area contributed by atoms with Crippen LogP contribution in [0.3, 0.4) is 0 Å². The maximum Gasteiger partial charge on any atom is 0.311 e.